The van der Waals surface area contributed by atoms with E-state index in [4.69, 9.17) is 9.47 Å². The number of nitrogens with zero attached hydrogens (tertiary/aromatic N) is 5. The van der Waals surface area contributed by atoms with E-state index in [1.807, 2.05) is 0 Å². The van der Waals surface area contributed by atoms with Crippen LogP contribution in [0.2, 0.25) is 0 Å². The van der Waals surface area contributed by atoms with E-state index in [9.17, 15) is 10.1 Å². The zero-order chi connectivity index (χ0) is 13.9. The van der Waals surface area contributed by atoms with Gasteiger partial charge in [0.25, 0.3) is 11.6 Å². The molecule has 0 saturated heterocycles. The van der Waals surface area contributed by atoms with Crippen LogP contribution in [0.4, 0.5) is 11.6 Å². The quantitative estimate of drug-likeness (QED) is 0.461. The summed E-state index contributed by atoms with van der Waals surface area (Å²) < 4.78 is 10.2. The highest BCUT2D eigenvalue weighted by molar-refractivity contribution is 5.87. The first-order valence-electron chi connectivity index (χ1n) is 5.34. The summed E-state index contributed by atoms with van der Waals surface area (Å²) in [5.74, 6) is 0.904. The van der Waals surface area contributed by atoms with Gasteiger partial charge in [-0.2, -0.15) is 10.3 Å². The molecular formula is C9H7N7O4. The third-order valence-electron chi connectivity index (χ3n) is 2.43. The number of benzene rings is 1. The Kier molecular flexibility index (Phi) is 2.84. The largest absolute Gasteiger partial charge is 0.454 e. The molecule has 0 unspecified atom stereocenters. The van der Waals surface area contributed by atoms with E-state index in [2.05, 4.69) is 31.2 Å². The van der Waals surface area contributed by atoms with Crippen molar-refractivity contribution in [3.05, 3.63) is 27.8 Å². The summed E-state index contributed by atoms with van der Waals surface area (Å²) in [7, 11) is 0. The van der Waals surface area contributed by atoms with Crippen molar-refractivity contribution >= 4 is 17.9 Å². The first kappa shape index (κ1) is 11.8. The van der Waals surface area contributed by atoms with E-state index in [0.29, 0.717) is 11.5 Å². The Bertz CT molecular complexity index is 669. The molecule has 0 atom stereocenters. The van der Waals surface area contributed by atoms with Crippen LogP contribution in [0, 0.1) is 10.1 Å². The zero-order valence-corrected chi connectivity index (χ0v) is 9.81. The third kappa shape index (κ3) is 2.19. The van der Waals surface area contributed by atoms with Gasteiger partial charge in [0.2, 0.25) is 6.79 Å². The van der Waals surface area contributed by atoms with Crippen LogP contribution in [0.3, 0.4) is 0 Å². The summed E-state index contributed by atoms with van der Waals surface area (Å²) in [4.78, 5) is 10.5. The maximum Gasteiger partial charge on any atom is 0.283 e. The predicted octanol–water partition coefficient (Wildman–Crippen LogP) is 0.283. The highest BCUT2D eigenvalue weighted by atomic mass is 16.7. The van der Waals surface area contributed by atoms with Crippen molar-refractivity contribution in [3.63, 3.8) is 0 Å². The Morgan fingerprint density at radius 2 is 2.25 bits per heavy atom. The summed E-state index contributed by atoms with van der Waals surface area (Å²) in [6.45, 7) is 0.0359. The second kappa shape index (κ2) is 4.79. The lowest BCUT2D eigenvalue weighted by Crippen LogP contribution is -1.97. The molecule has 2 aromatic rings. The number of tetrazole rings is 1. The lowest BCUT2D eigenvalue weighted by molar-refractivity contribution is -0.385. The average Bonchev–Trinajstić information content (AvgIpc) is 3.07. The minimum Gasteiger partial charge on any atom is -0.454 e. The number of ether oxygens (including phenoxy) is 2. The summed E-state index contributed by atoms with van der Waals surface area (Å²) >= 11 is 0. The molecule has 1 aromatic carbocycles. The maximum absolute atomic E-state index is 11.0. The van der Waals surface area contributed by atoms with Crippen molar-refractivity contribution in [1.29, 1.82) is 0 Å². The molecule has 0 aliphatic carbocycles. The van der Waals surface area contributed by atoms with E-state index in [1.54, 1.807) is 0 Å². The number of nitro benzene ring substituents is 1. The van der Waals surface area contributed by atoms with Gasteiger partial charge >= 0.3 is 0 Å². The molecule has 0 bridgehead atoms. The molecule has 102 valence electrons. The molecule has 0 fully saturated rings. The van der Waals surface area contributed by atoms with Gasteiger partial charge in [-0.15, -0.1) is 5.10 Å². The van der Waals surface area contributed by atoms with Crippen molar-refractivity contribution in [2.24, 2.45) is 5.10 Å². The Morgan fingerprint density at radius 1 is 1.45 bits per heavy atom. The fourth-order valence-electron chi connectivity index (χ4n) is 1.58. The maximum atomic E-state index is 11.0. The Balaban J connectivity index is 1.87. The van der Waals surface area contributed by atoms with Crippen LogP contribution >= 0.6 is 0 Å². The third-order valence-corrected chi connectivity index (χ3v) is 2.43. The topological polar surface area (TPSA) is 140 Å². The van der Waals surface area contributed by atoms with Gasteiger partial charge in [-0.25, -0.2) is 5.43 Å². The number of hydrogen-bond donors (Lipinski definition) is 2. The van der Waals surface area contributed by atoms with E-state index < -0.39 is 4.92 Å². The number of hydrogen-bond acceptors (Lipinski definition) is 9. The highest BCUT2D eigenvalue weighted by Crippen LogP contribution is 2.37. The SMILES string of the molecule is O=[N+]([O-])c1cc2c(cc1C=NNc1nn[nH]n1)OCO2. The van der Waals surface area contributed by atoms with Gasteiger partial charge in [-0.05, 0) is 11.3 Å². The van der Waals surface area contributed by atoms with Crippen LogP contribution in [0.15, 0.2) is 17.2 Å². The predicted molar refractivity (Wildman–Crippen MR) is 64.6 cm³/mol. The molecule has 2 N–H and O–H groups in total. The van der Waals surface area contributed by atoms with Gasteiger partial charge in [0, 0.05) is 0 Å². The molecule has 11 nitrogen and oxygen atoms in total. The van der Waals surface area contributed by atoms with Crippen molar-refractivity contribution in [2.45, 2.75) is 0 Å². The molecule has 0 saturated carbocycles. The molecule has 0 radical (unpaired) electrons. The first-order valence-corrected chi connectivity index (χ1v) is 5.34. The number of rotatable bonds is 4. The lowest BCUT2D eigenvalue weighted by atomic mass is 10.1. The molecule has 1 aliphatic rings. The number of H-pyrrole nitrogens is 1. The molecule has 2 heterocycles. The standard InChI is InChI=1S/C9H7N7O4/c17-16(18)6-2-8-7(19-4-20-8)1-5(6)3-10-11-9-12-14-15-13-9/h1-3H,4H2,(H2,11,12,13,14,15). The van der Waals surface area contributed by atoms with Crippen LogP contribution in [0.5, 0.6) is 11.5 Å². The number of aromatic nitrogens is 4. The Hall–Kier alpha value is -3.24. The van der Waals surface area contributed by atoms with E-state index in [-0.39, 0.29) is 24.0 Å². The Labute approximate surface area is 110 Å². The summed E-state index contributed by atoms with van der Waals surface area (Å²) in [6, 6.07) is 2.76. The smallest absolute Gasteiger partial charge is 0.283 e. The van der Waals surface area contributed by atoms with Gasteiger partial charge in [-0.3, -0.25) is 10.1 Å². The molecular weight excluding hydrogens is 270 g/mol. The average molecular weight is 277 g/mol. The van der Waals surface area contributed by atoms with Crippen LogP contribution < -0.4 is 14.9 Å². The van der Waals surface area contributed by atoms with Crippen molar-refractivity contribution < 1.29 is 14.4 Å². The monoisotopic (exact) mass is 277 g/mol. The van der Waals surface area contributed by atoms with Crippen LogP contribution in [-0.4, -0.2) is 38.6 Å². The first-order chi connectivity index (χ1) is 9.74. The summed E-state index contributed by atoms with van der Waals surface area (Å²) in [5.41, 5.74) is 2.58. The van der Waals surface area contributed by atoms with Gasteiger partial charge in [0.15, 0.2) is 11.5 Å². The zero-order valence-electron chi connectivity index (χ0n) is 9.81. The van der Waals surface area contributed by atoms with Crippen molar-refractivity contribution in [3.8, 4) is 11.5 Å². The number of nitrogens with one attached hydrogen (secondary N) is 2. The number of fused-ring (bicyclic) bond motifs is 1. The molecule has 11 heteroatoms. The summed E-state index contributed by atoms with van der Waals surface area (Å²) in [6.07, 6.45) is 1.26. The molecule has 1 aliphatic heterocycles. The van der Waals surface area contributed by atoms with Crippen molar-refractivity contribution in [1.82, 2.24) is 20.6 Å². The van der Waals surface area contributed by atoms with E-state index in [0.717, 1.165) is 0 Å². The van der Waals surface area contributed by atoms with Gasteiger partial charge in [0.05, 0.1) is 22.8 Å². The lowest BCUT2D eigenvalue weighted by Gasteiger charge is -2.00. The van der Waals surface area contributed by atoms with E-state index in [1.165, 1.54) is 18.3 Å². The number of aromatic amines is 1. The number of nitro groups is 1. The van der Waals surface area contributed by atoms with Crippen LogP contribution in [-0.2, 0) is 0 Å². The Morgan fingerprint density at radius 3 is 2.95 bits per heavy atom. The summed E-state index contributed by atoms with van der Waals surface area (Å²) in [5, 5.41) is 27.6. The fourth-order valence-corrected chi connectivity index (χ4v) is 1.58. The molecule has 0 spiro atoms. The number of hydrazone groups is 1. The molecule has 0 amide bonds. The highest BCUT2D eigenvalue weighted by Gasteiger charge is 2.22. The van der Waals surface area contributed by atoms with Gasteiger partial charge in [-0.1, -0.05) is 5.10 Å². The minimum atomic E-state index is -0.530. The van der Waals surface area contributed by atoms with Crippen LogP contribution in [0.1, 0.15) is 5.56 Å². The van der Waals surface area contributed by atoms with Gasteiger partial charge in [0.1, 0.15) is 0 Å². The van der Waals surface area contributed by atoms with Gasteiger partial charge < -0.3 is 9.47 Å². The van der Waals surface area contributed by atoms with E-state index >= 15 is 0 Å². The fraction of sp³-hybridized carbons (Fsp3) is 0.111. The number of anilines is 1. The molecule has 3 rings (SSSR count). The van der Waals surface area contributed by atoms with Crippen molar-refractivity contribution in [2.75, 3.05) is 12.2 Å². The van der Waals surface area contributed by atoms with Crippen LogP contribution in [0.25, 0.3) is 0 Å². The second-order valence-electron chi connectivity index (χ2n) is 3.63. The molecule has 20 heavy (non-hydrogen) atoms. The second-order valence-corrected chi connectivity index (χ2v) is 3.63. The minimum absolute atomic E-state index is 0.0359. The normalized spacial score (nSPS) is 12.8. The molecule has 1 aromatic heterocycles.